The maximum absolute atomic E-state index is 14.5. The molecule has 0 saturated carbocycles. The molecule has 7 atom stereocenters. The van der Waals surface area contributed by atoms with Crippen LogP contribution >= 0.6 is 0 Å². The molecular formula is C51H66N12O11. The number of carbonyl (C=O) groups is 8. The first-order valence-electron chi connectivity index (χ1n) is 24.3. The first-order valence-corrected chi connectivity index (χ1v) is 24.3. The minimum atomic E-state index is -1.44. The van der Waals surface area contributed by atoms with Gasteiger partial charge in [0.25, 0.3) is 5.91 Å². The molecule has 0 bridgehead atoms. The van der Waals surface area contributed by atoms with E-state index in [4.69, 9.17) is 22.3 Å². The number of aliphatic carboxylic acids is 2. The van der Waals surface area contributed by atoms with Gasteiger partial charge in [-0.25, -0.2) is 9.78 Å². The number of nitrogens with two attached hydrogens (primary N) is 3. The number of aromatic nitrogens is 2. The van der Waals surface area contributed by atoms with Crippen molar-refractivity contribution in [3.8, 4) is 5.75 Å². The number of phenols is 1. The number of benzene rings is 3. The second kappa shape index (κ2) is 27.5. The van der Waals surface area contributed by atoms with Crippen molar-refractivity contribution in [1.82, 2.24) is 41.5 Å². The molecule has 74 heavy (non-hydrogen) atoms. The Kier molecular flexibility index (Phi) is 21.0. The average molecular weight is 1020 g/mol. The van der Waals surface area contributed by atoms with Gasteiger partial charge in [-0.15, -0.1) is 0 Å². The van der Waals surface area contributed by atoms with Crippen LogP contribution in [0.25, 0.3) is 0 Å². The second-order valence-corrected chi connectivity index (χ2v) is 18.3. The topological polar surface area (TPSA) is 380 Å². The maximum Gasteiger partial charge on any atom is 0.326 e. The van der Waals surface area contributed by atoms with Gasteiger partial charge in [-0.05, 0) is 84.5 Å². The Morgan fingerprint density at radius 3 is 2.18 bits per heavy atom. The summed E-state index contributed by atoms with van der Waals surface area (Å²) in [5.74, 6) is -7.27. The van der Waals surface area contributed by atoms with Gasteiger partial charge in [-0.2, -0.15) is 0 Å². The van der Waals surface area contributed by atoms with Gasteiger partial charge in [-0.1, -0.05) is 68.8 Å². The molecule has 0 aliphatic carbocycles. The number of imidazole rings is 1. The normalized spacial score (nSPS) is 15.5. The fourth-order valence-electron chi connectivity index (χ4n) is 8.42. The summed E-state index contributed by atoms with van der Waals surface area (Å²) in [6, 6.07) is 12.8. The van der Waals surface area contributed by atoms with E-state index in [0.29, 0.717) is 35.2 Å². The average Bonchev–Trinajstić information content (AvgIpc) is 4.09. The van der Waals surface area contributed by atoms with Gasteiger partial charge in [0.2, 0.25) is 29.5 Å². The first kappa shape index (κ1) is 56.6. The highest BCUT2D eigenvalue weighted by atomic mass is 16.4. The lowest BCUT2D eigenvalue weighted by atomic mass is 9.96. The quantitative estimate of drug-likeness (QED) is 0.0218. The van der Waals surface area contributed by atoms with Crippen LogP contribution in [0.4, 0.5) is 0 Å². The van der Waals surface area contributed by atoms with E-state index in [9.17, 15) is 48.6 Å². The van der Waals surface area contributed by atoms with Crippen molar-refractivity contribution >= 4 is 53.3 Å². The SMILES string of the molecule is CC[C@H](C)[C@H](NC(=O)c1cc(CNC(=O)[C@H](CCCN=C(N)N)NC(=O)[C@@H](N)CC(=O)O)cc(Cc2ccc(O)cc2)c1)C(=O)N[C@@H](Cc1cnc[nH]1)C(=O)N1CCC[C@H]1C(=O)N[C@@H](Cc1ccccc1)C(=O)O. The molecular weight excluding hydrogens is 957 g/mol. The Hall–Kier alpha value is -8.34. The number of rotatable bonds is 27. The number of phenolic OH excluding ortho intramolecular Hbond substituents is 1. The van der Waals surface area contributed by atoms with Crippen molar-refractivity contribution in [2.45, 2.75) is 114 Å². The summed E-state index contributed by atoms with van der Waals surface area (Å²) >= 11 is 0. The van der Waals surface area contributed by atoms with Gasteiger partial charge in [0.1, 0.15) is 36.0 Å². The van der Waals surface area contributed by atoms with E-state index in [1.807, 2.05) is 6.92 Å². The number of aromatic amines is 1. The van der Waals surface area contributed by atoms with E-state index in [1.54, 1.807) is 61.5 Å². The van der Waals surface area contributed by atoms with Crippen molar-refractivity contribution in [2.75, 3.05) is 13.1 Å². The third kappa shape index (κ3) is 17.2. The lowest BCUT2D eigenvalue weighted by molar-refractivity contribution is -0.145. The highest BCUT2D eigenvalue weighted by molar-refractivity contribution is 5.99. The number of carboxylic acid groups (broad SMARTS) is 2. The maximum atomic E-state index is 14.5. The molecule has 5 rings (SSSR count). The second-order valence-electron chi connectivity index (χ2n) is 18.3. The number of carbonyl (C=O) groups excluding carboxylic acids is 6. The fraction of sp³-hybridized carbons (Fsp3) is 0.412. The number of hydrogen-bond donors (Lipinski definition) is 12. The van der Waals surface area contributed by atoms with Crippen LogP contribution in [-0.2, 0) is 59.4 Å². The van der Waals surface area contributed by atoms with Crippen LogP contribution in [0.1, 0.15) is 90.7 Å². The summed E-state index contributed by atoms with van der Waals surface area (Å²) in [5.41, 5.74) is 19.8. The molecule has 23 nitrogen and oxygen atoms in total. The van der Waals surface area contributed by atoms with E-state index in [0.717, 1.165) is 5.56 Å². The standard InChI is InChI=1S/C51H66N12O11/c1-3-29(2)43(48(71)60-39(24-35-27-55-28-58-35)49(72)63-18-8-12-41(63)47(70)61-40(50(73)74)23-30-9-5-4-6-10-30)62-44(67)34-21-32(19-31-13-15-36(64)16-14-31)20-33(22-34)26-57-46(69)38(11-7-17-56-51(53)54)59-45(68)37(52)25-42(65)66/h4-6,9-10,13-16,20-22,27-29,37-41,43,64H,3,7-8,11-12,17-19,23-26,52H2,1-2H3,(H,55,58)(H,57,69)(H,59,68)(H,60,71)(H,61,70)(H,62,67)(H,65,66)(H,73,74)(H4,53,54,56)/t29-,37-,38-,39-,40-,41-,43-/m0/s1. The molecule has 2 heterocycles. The molecule has 0 unspecified atom stereocenters. The van der Waals surface area contributed by atoms with Crippen LogP contribution in [0.15, 0.2) is 90.3 Å². The van der Waals surface area contributed by atoms with E-state index >= 15 is 0 Å². The number of likely N-dealkylation sites (tertiary alicyclic amines) is 1. The molecule has 1 aliphatic heterocycles. The van der Waals surface area contributed by atoms with Crippen molar-refractivity contribution < 1.29 is 53.7 Å². The lowest BCUT2D eigenvalue weighted by Gasteiger charge is -2.31. The monoisotopic (exact) mass is 1020 g/mol. The van der Waals surface area contributed by atoms with Gasteiger partial charge in [0, 0.05) is 49.9 Å². The highest BCUT2D eigenvalue weighted by Crippen LogP contribution is 2.22. The number of nitrogens with zero attached hydrogens (tertiary/aromatic N) is 3. The molecule has 1 fully saturated rings. The lowest BCUT2D eigenvalue weighted by Crippen LogP contribution is -2.59. The summed E-state index contributed by atoms with van der Waals surface area (Å²) in [6.07, 6.45) is 3.87. The number of aromatic hydroxyl groups is 1. The van der Waals surface area contributed by atoms with E-state index in [2.05, 4.69) is 41.5 Å². The van der Waals surface area contributed by atoms with Crippen molar-refractivity contribution in [3.63, 3.8) is 0 Å². The molecule has 0 radical (unpaired) electrons. The van der Waals surface area contributed by atoms with Crippen LogP contribution < -0.4 is 43.8 Å². The molecule has 396 valence electrons. The molecule has 15 N–H and O–H groups in total. The Morgan fingerprint density at radius 2 is 1.53 bits per heavy atom. The van der Waals surface area contributed by atoms with Crippen molar-refractivity contribution in [1.29, 1.82) is 0 Å². The third-order valence-electron chi connectivity index (χ3n) is 12.5. The summed E-state index contributed by atoms with van der Waals surface area (Å²) in [6.45, 7) is 3.72. The summed E-state index contributed by atoms with van der Waals surface area (Å²) in [7, 11) is 0. The Balaban J connectivity index is 1.38. The Morgan fingerprint density at radius 1 is 0.824 bits per heavy atom. The van der Waals surface area contributed by atoms with Gasteiger partial charge in [0.15, 0.2) is 5.96 Å². The predicted octanol–water partition coefficient (Wildman–Crippen LogP) is 0.338. The number of amides is 6. The zero-order valence-electron chi connectivity index (χ0n) is 41.3. The molecule has 3 aromatic carbocycles. The number of nitrogens with one attached hydrogen (secondary N) is 6. The molecule has 6 amide bonds. The van der Waals surface area contributed by atoms with Crippen LogP contribution in [0, 0.1) is 5.92 Å². The molecule has 23 heteroatoms. The molecule has 0 spiro atoms. The van der Waals surface area contributed by atoms with Crippen LogP contribution in [0.2, 0.25) is 0 Å². The summed E-state index contributed by atoms with van der Waals surface area (Å²) in [5, 5.41) is 42.7. The number of aliphatic imine (C=N–C) groups is 1. The van der Waals surface area contributed by atoms with Gasteiger partial charge < -0.3 is 69.0 Å². The number of H-pyrrole nitrogens is 1. The van der Waals surface area contributed by atoms with Gasteiger partial charge >= 0.3 is 11.9 Å². The fourth-order valence-corrected chi connectivity index (χ4v) is 8.42. The van der Waals surface area contributed by atoms with Gasteiger partial charge in [-0.3, -0.25) is 38.6 Å². The Bertz CT molecular complexity index is 2610. The van der Waals surface area contributed by atoms with Crippen LogP contribution in [0.5, 0.6) is 5.75 Å². The predicted molar refractivity (Wildman–Crippen MR) is 271 cm³/mol. The van der Waals surface area contributed by atoms with Crippen molar-refractivity contribution in [2.24, 2.45) is 28.1 Å². The van der Waals surface area contributed by atoms with E-state index < -0.39 is 96.0 Å². The zero-order chi connectivity index (χ0) is 53.9. The minimum absolute atomic E-state index is 0.0180. The summed E-state index contributed by atoms with van der Waals surface area (Å²) < 4.78 is 0. The smallest absolute Gasteiger partial charge is 0.326 e. The molecule has 4 aromatic rings. The minimum Gasteiger partial charge on any atom is -0.508 e. The first-order chi connectivity index (χ1) is 35.3. The zero-order valence-corrected chi connectivity index (χ0v) is 41.3. The number of carboxylic acids is 2. The highest BCUT2D eigenvalue weighted by Gasteiger charge is 2.40. The Labute approximate surface area is 427 Å². The number of hydrogen-bond acceptors (Lipinski definition) is 12. The van der Waals surface area contributed by atoms with E-state index in [-0.39, 0.29) is 75.4 Å². The number of guanidine groups is 1. The van der Waals surface area contributed by atoms with Crippen LogP contribution in [-0.4, -0.2) is 133 Å². The van der Waals surface area contributed by atoms with E-state index in [1.165, 1.54) is 35.6 Å². The molecule has 1 aliphatic rings. The molecule has 1 saturated heterocycles. The van der Waals surface area contributed by atoms with Crippen molar-refractivity contribution in [3.05, 3.63) is 119 Å². The third-order valence-corrected chi connectivity index (χ3v) is 12.5. The summed E-state index contributed by atoms with van der Waals surface area (Å²) in [4.78, 5) is 119. The van der Waals surface area contributed by atoms with Gasteiger partial charge in [0.05, 0.1) is 18.8 Å². The largest absolute Gasteiger partial charge is 0.508 e. The van der Waals surface area contributed by atoms with Crippen LogP contribution in [0.3, 0.4) is 0 Å². The molecule has 1 aromatic heterocycles.